The van der Waals surface area contributed by atoms with Crippen molar-refractivity contribution in [3.05, 3.63) is 100 Å². The van der Waals surface area contributed by atoms with Crippen molar-refractivity contribution in [3.63, 3.8) is 0 Å². The van der Waals surface area contributed by atoms with Crippen LogP contribution in [0.15, 0.2) is 77.0 Å². The molecule has 2 heterocycles. The van der Waals surface area contributed by atoms with Crippen molar-refractivity contribution in [1.82, 2.24) is 25.0 Å². The molecule has 0 saturated carbocycles. The molecule has 2 aromatic heterocycles. The highest BCUT2D eigenvalue weighted by molar-refractivity contribution is 7.86. The van der Waals surface area contributed by atoms with E-state index in [9.17, 15) is 4.21 Å². The maximum atomic E-state index is 13.4. The van der Waals surface area contributed by atoms with Gasteiger partial charge in [-0.1, -0.05) is 85.6 Å². The van der Waals surface area contributed by atoms with E-state index in [4.69, 9.17) is 16.0 Å². The van der Waals surface area contributed by atoms with Gasteiger partial charge in [0, 0.05) is 22.6 Å². The number of rotatable bonds is 10. The summed E-state index contributed by atoms with van der Waals surface area (Å²) in [5, 5.41) is 15.2. The van der Waals surface area contributed by atoms with Crippen molar-refractivity contribution in [2.45, 2.75) is 42.6 Å². The van der Waals surface area contributed by atoms with Gasteiger partial charge in [-0.15, -0.1) is 10.2 Å². The highest BCUT2D eigenvalue weighted by atomic mass is 35.5. The highest BCUT2D eigenvalue weighted by Crippen LogP contribution is 2.32. The van der Waals surface area contributed by atoms with Crippen LogP contribution in [0.2, 0.25) is 5.02 Å². The summed E-state index contributed by atoms with van der Waals surface area (Å²) in [6, 6.07) is 24.1. The van der Waals surface area contributed by atoms with E-state index in [1.165, 1.54) is 11.5 Å². The molecule has 6 nitrogen and oxygen atoms in total. The first-order valence-electron chi connectivity index (χ1n) is 12.1. The zero-order valence-corrected chi connectivity index (χ0v) is 22.7. The third kappa shape index (κ3) is 6.04. The Bertz CT molecular complexity index is 1480. The van der Waals surface area contributed by atoms with Crippen molar-refractivity contribution >= 4 is 33.9 Å². The lowest BCUT2D eigenvalue weighted by molar-refractivity contribution is 0.683. The molecule has 9 heteroatoms. The fourth-order valence-electron chi connectivity index (χ4n) is 4.23. The lowest BCUT2D eigenvalue weighted by Crippen LogP contribution is -2.01. The summed E-state index contributed by atoms with van der Waals surface area (Å²) in [5.74, 6) is 1.02. The topological polar surface area (TPSA) is 84.4 Å². The number of nitrogens with one attached hydrogen (secondary N) is 1. The van der Waals surface area contributed by atoms with Gasteiger partial charge in [-0.05, 0) is 64.0 Å². The van der Waals surface area contributed by atoms with E-state index >= 15 is 0 Å². The maximum Gasteiger partial charge on any atom is 0.205 e. The summed E-state index contributed by atoms with van der Waals surface area (Å²) < 4.78 is 19.0. The molecular formula is C28H26ClN5OS2. The molecule has 0 bridgehead atoms. The minimum absolute atomic E-state index is 0.450. The monoisotopic (exact) mass is 547 g/mol. The van der Waals surface area contributed by atoms with Gasteiger partial charge in [0.25, 0.3) is 0 Å². The van der Waals surface area contributed by atoms with Gasteiger partial charge in [0.1, 0.15) is 4.21 Å². The second-order valence-corrected chi connectivity index (χ2v) is 11.6. The van der Waals surface area contributed by atoms with Crippen molar-refractivity contribution in [2.24, 2.45) is 0 Å². The second-order valence-electron chi connectivity index (χ2n) is 8.77. The molecule has 5 aromatic rings. The Labute approximate surface area is 227 Å². The fraction of sp³-hybridized carbons (Fsp3) is 0.214. The van der Waals surface area contributed by atoms with Crippen LogP contribution in [0.25, 0.3) is 22.5 Å². The molecule has 1 atom stereocenters. The third-order valence-corrected chi connectivity index (χ3v) is 9.19. The normalized spacial score (nSPS) is 12.1. The summed E-state index contributed by atoms with van der Waals surface area (Å²) >= 11 is 7.40. The van der Waals surface area contributed by atoms with Crippen LogP contribution in [0.4, 0.5) is 0 Å². The van der Waals surface area contributed by atoms with Gasteiger partial charge in [-0.2, -0.15) is 9.59 Å². The molecular weight excluding hydrogens is 522 g/mol. The molecule has 0 radical (unpaired) electrons. The molecule has 0 fully saturated rings. The summed E-state index contributed by atoms with van der Waals surface area (Å²) in [4.78, 5) is 0. The standard InChI is InChI=1S/C28H26ClN5OS2/c1-2-3-8-26-25(28(36-32-26)37(35)18-20-11-15-22(29)16-12-20)17-19-9-13-21(14-10-19)23-6-4-5-7-24(23)27-30-33-34-31-27/h4-7,9-16H,2-3,8,17-18H2,1H3,(H,30,31,33,34). The van der Waals surface area contributed by atoms with Crippen LogP contribution in [0.3, 0.4) is 0 Å². The van der Waals surface area contributed by atoms with Crippen LogP contribution < -0.4 is 0 Å². The van der Waals surface area contributed by atoms with Crippen LogP contribution in [-0.4, -0.2) is 29.2 Å². The molecule has 0 aliphatic carbocycles. The Hall–Kier alpha value is -3.20. The van der Waals surface area contributed by atoms with E-state index in [2.05, 4.69) is 57.9 Å². The van der Waals surface area contributed by atoms with E-state index in [0.29, 0.717) is 23.0 Å². The lowest BCUT2D eigenvalue weighted by Gasteiger charge is -2.10. The minimum atomic E-state index is -1.18. The Morgan fingerprint density at radius 1 is 0.946 bits per heavy atom. The lowest BCUT2D eigenvalue weighted by atomic mass is 9.96. The maximum absolute atomic E-state index is 13.4. The van der Waals surface area contributed by atoms with Crippen LogP contribution in [0.1, 0.15) is 42.1 Å². The summed E-state index contributed by atoms with van der Waals surface area (Å²) in [7, 11) is -1.18. The highest BCUT2D eigenvalue weighted by Gasteiger charge is 2.20. The summed E-state index contributed by atoms with van der Waals surface area (Å²) in [5.41, 5.74) is 7.37. The van der Waals surface area contributed by atoms with Crippen molar-refractivity contribution in [2.75, 3.05) is 0 Å². The number of nitrogens with zero attached hydrogens (tertiary/aromatic N) is 4. The minimum Gasteiger partial charge on any atom is -0.253 e. The molecule has 0 amide bonds. The van der Waals surface area contributed by atoms with E-state index in [1.54, 1.807) is 0 Å². The van der Waals surface area contributed by atoms with Gasteiger partial charge in [-0.25, -0.2) is 0 Å². The van der Waals surface area contributed by atoms with E-state index < -0.39 is 10.8 Å². The number of aryl methyl sites for hydroxylation is 1. The van der Waals surface area contributed by atoms with Crippen molar-refractivity contribution < 1.29 is 4.21 Å². The molecule has 5 rings (SSSR count). The number of unbranched alkanes of at least 4 members (excludes halogenated alkanes) is 1. The van der Waals surface area contributed by atoms with E-state index in [-0.39, 0.29) is 0 Å². The first-order valence-corrected chi connectivity index (χ1v) is 14.6. The average Bonchev–Trinajstić information content (AvgIpc) is 3.60. The van der Waals surface area contributed by atoms with Crippen LogP contribution in [0.5, 0.6) is 0 Å². The number of aromatic amines is 1. The predicted molar refractivity (Wildman–Crippen MR) is 150 cm³/mol. The molecule has 0 aliphatic heterocycles. The second kappa shape index (κ2) is 11.9. The summed E-state index contributed by atoms with van der Waals surface area (Å²) in [6.45, 7) is 2.18. The number of hydrogen-bond acceptors (Lipinski definition) is 6. The average molecular weight is 548 g/mol. The van der Waals surface area contributed by atoms with Crippen LogP contribution >= 0.6 is 23.1 Å². The quantitative estimate of drug-likeness (QED) is 0.206. The van der Waals surface area contributed by atoms with E-state index in [0.717, 1.165) is 62.5 Å². The van der Waals surface area contributed by atoms with Crippen LogP contribution in [-0.2, 0) is 29.4 Å². The van der Waals surface area contributed by atoms with Gasteiger partial charge >= 0.3 is 0 Å². The zero-order chi connectivity index (χ0) is 25.6. The predicted octanol–water partition coefficient (Wildman–Crippen LogP) is 6.88. The Morgan fingerprint density at radius 3 is 2.38 bits per heavy atom. The van der Waals surface area contributed by atoms with Gasteiger partial charge in [0.05, 0.1) is 22.2 Å². The molecule has 1 N–H and O–H groups in total. The van der Waals surface area contributed by atoms with Gasteiger partial charge in [0.15, 0.2) is 0 Å². The van der Waals surface area contributed by atoms with E-state index in [1.807, 2.05) is 42.5 Å². The molecule has 0 saturated heterocycles. The largest absolute Gasteiger partial charge is 0.253 e. The van der Waals surface area contributed by atoms with Crippen molar-refractivity contribution in [3.8, 4) is 22.5 Å². The molecule has 1 unspecified atom stereocenters. The molecule has 37 heavy (non-hydrogen) atoms. The fourth-order valence-corrected chi connectivity index (χ4v) is 6.76. The SMILES string of the molecule is CCCCc1nsc(S(=O)Cc2ccc(Cl)cc2)c1Cc1ccc(-c2ccccc2-c2nn[nH]n2)cc1. The molecule has 0 spiro atoms. The number of H-pyrrole nitrogens is 1. The third-order valence-electron chi connectivity index (χ3n) is 6.18. The first-order chi connectivity index (χ1) is 18.1. The Balaban J connectivity index is 1.41. The zero-order valence-electron chi connectivity index (χ0n) is 20.4. The first kappa shape index (κ1) is 25.4. The summed E-state index contributed by atoms with van der Waals surface area (Å²) in [6.07, 6.45) is 3.75. The van der Waals surface area contributed by atoms with Gasteiger partial charge in [-0.3, -0.25) is 4.21 Å². The number of hydrogen-bond donors (Lipinski definition) is 1. The molecule has 0 aliphatic rings. The smallest absolute Gasteiger partial charge is 0.205 e. The van der Waals surface area contributed by atoms with Gasteiger partial charge < -0.3 is 0 Å². The number of aromatic nitrogens is 5. The van der Waals surface area contributed by atoms with Crippen molar-refractivity contribution in [1.29, 1.82) is 0 Å². The molecule has 3 aromatic carbocycles. The Kier molecular flexibility index (Phi) is 8.18. The van der Waals surface area contributed by atoms with Gasteiger partial charge in [0.2, 0.25) is 5.82 Å². The Morgan fingerprint density at radius 2 is 1.68 bits per heavy atom. The van der Waals surface area contributed by atoms with Crippen LogP contribution in [0, 0.1) is 0 Å². The number of halogens is 1. The number of benzene rings is 3. The molecule has 188 valence electrons. The number of tetrazole rings is 1.